The molecule has 1 saturated heterocycles. The van der Waals surface area contributed by atoms with Crippen molar-refractivity contribution in [3.8, 4) is 0 Å². The number of hydrogen-bond acceptors (Lipinski definition) is 4. The number of ether oxygens (including phenoxy) is 1. The van der Waals surface area contributed by atoms with Crippen molar-refractivity contribution in [2.45, 2.75) is 18.9 Å². The van der Waals surface area contributed by atoms with Crippen LogP contribution in [-0.4, -0.2) is 42.3 Å². The summed E-state index contributed by atoms with van der Waals surface area (Å²) in [5.74, 6) is 0. The number of halogens is 1. The third-order valence-corrected chi connectivity index (χ3v) is 2.29. The van der Waals surface area contributed by atoms with Gasteiger partial charge in [-0.15, -0.1) is 12.4 Å². The quantitative estimate of drug-likeness (QED) is 0.499. The van der Waals surface area contributed by atoms with Crippen LogP contribution in [0.1, 0.15) is 13.3 Å². The molecule has 0 saturated carbocycles. The van der Waals surface area contributed by atoms with Gasteiger partial charge >= 0.3 is 0 Å². The molecule has 0 aromatic carbocycles. The highest BCUT2D eigenvalue weighted by molar-refractivity contribution is 5.85. The molecule has 0 amide bonds. The van der Waals surface area contributed by atoms with Crippen molar-refractivity contribution in [2.75, 3.05) is 26.9 Å². The molecule has 5 nitrogen and oxygen atoms in total. The van der Waals surface area contributed by atoms with E-state index < -0.39 is 5.54 Å². The number of hydrogen-bond donors (Lipinski definition) is 0. The molecule has 0 N–H and O–H groups in total. The highest BCUT2D eigenvalue weighted by Gasteiger charge is 2.44. The van der Waals surface area contributed by atoms with E-state index in [0.29, 0.717) is 19.7 Å². The van der Waals surface area contributed by atoms with E-state index in [9.17, 15) is 10.1 Å². The first-order valence-electron chi connectivity index (χ1n) is 4.01. The smallest absolute Gasteiger partial charge is 0.257 e. The summed E-state index contributed by atoms with van der Waals surface area (Å²) in [5, 5.41) is 10.8. The highest BCUT2D eigenvalue weighted by atomic mass is 35.5. The monoisotopic (exact) mass is 210 g/mol. The molecule has 1 fully saturated rings. The molecule has 1 heterocycles. The lowest BCUT2D eigenvalue weighted by molar-refractivity contribution is -0.581. The van der Waals surface area contributed by atoms with E-state index in [0.717, 1.165) is 0 Å². The Bertz CT molecular complexity index is 191. The molecule has 1 rings (SSSR count). The number of nitro groups is 1. The fourth-order valence-electron chi connectivity index (χ4n) is 1.44. The Morgan fingerprint density at radius 2 is 2.31 bits per heavy atom. The minimum atomic E-state index is -0.882. The molecule has 0 bridgehead atoms. The average Bonchev–Trinajstić information content (AvgIpc) is 2.04. The third-order valence-electron chi connectivity index (χ3n) is 2.29. The van der Waals surface area contributed by atoms with E-state index in [1.807, 2.05) is 18.9 Å². The molecule has 1 unspecified atom stereocenters. The van der Waals surface area contributed by atoms with Gasteiger partial charge in [0.1, 0.15) is 6.61 Å². The lowest BCUT2D eigenvalue weighted by Crippen LogP contribution is -2.55. The van der Waals surface area contributed by atoms with E-state index >= 15 is 0 Å². The number of likely N-dealkylation sites (N-methyl/N-ethyl adjacent to an activating group) is 1. The van der Waals surface area contributed by atoms with Gasteiger partial charge in [-0.1, -0.05) is 6.92 Å². The van der Waals surface area contributed by atoms with Crippen LogP contribution in [0.2, 0.25) is 0 Å². The second-order valence-corrected chi connectivity index (χ2v) is 3.33. The van der Waals surface area contributed by atoms with Crippen LogP contribution in [0.25, 0.3) is 0 Å². The maximum absolute atomic E-state index is 10.8. The van der Waals surface area contributed by atoms with E-state index in [2.05, 4.69) is 0 Å². The Hall–Kier alpha value is -0.390. The van der Waals surface area contributed by atoms with E-state index in [1.165, 1.54) is 0 Å². The minimum Gasteiger partial charge on any atom is -0.359 e. The Kier molecular flexibility index (Phi) is 4.60. The predicted molar refractivity (Wildman–Crippen MR) is 50.7 cm³/mol. The molecule has 1 aliphatic heterocycles. The molecule has 1 aliphatic rings. The minimum absolute atomic E-state index is 0. The van der Waals surface area contributed by atoms with Crippen LogP contribution in [0.15, 0.2) is 0 Å². The molecule has 0 aromatic heterocycles. The van der Waals surface area contributed by atoms with Crippen molar-refractivity contribution >= 4 is 12.4 Å². The zero-order valence-electron chi connectivity index (χ0n) is 7.86. The summed E-state index contributed by atoms with van der Waals surface area (Å²) < 4.78 is 5.13. The molecule has 6 heteroatoms. The van der Waals surface area contributed by atoms with Gasteiger partial charge in [0.25, 0.3) is 5.54 Å². The van der Waals surface area contributed by atoms with Gasteiger partial charge in [-0.05, 0) is 7.05 Å². The van der Waals surface area contributed by atoms with Crippen LogP contribution in [0, 0.1) is 10.1 Å². The first-order chi connectivity index (χ1) is 5.60. The largest absolute Gasteiger partial charge is 0.359 e. The van der Waals surface area contributed by atoms with Gasteiger partial charge in [-0.25, -0.2) is 0 Å². The summed E-state index contributed by atoms with van der Waals surface area (Å²) >= 11 is 0. The van der Waals surface area contributed by atoms with Gasteiger partial charge in [0, 0.05) is 11.3 Å². The summed E-state index contributed by atoms with van der Waals surface area (Å²) in [5.41, 5.74) is -0.882. The molecular formula is C7H15ClN2O3. The van der Waals surface area contributed by atoms with E-state index in [1.54, 1.807) is 0 Å². The summed E-state index contributed by atoms with van der Waals surface area (Å²) in [7, 11) is 1.83. The molecule has 0 aromatic rings. The second kappa shape index (κ2) is 4.74. The van der Waals surface area contributed by atoms with Crippen LogP contribution in [0.3, 0.4) is 0 Å². The lowest BCUT2D eigenvalue weighted by atomic mass is 9.97. The van der Waals surface area contributed by atoms with Gasteiger partial charge in [0.2, 0.25) is 0 Å². The normalized spacial score (nSPS) is 29.4. The molecule has 0 spiro atoms. The predicted octanol–water partition coefficient (Wildman–Crippen LogP) is 0.753. The van der Waals surface area contributed by atoms with Crippen LogP contribution >= 0.6 is 12.4 Å². The molecule has 13 heavy (non-hydrogen) atoms. The lowest BCUT2D eigenvalue weighted by Gasteiger charge is -2.33. The fraction of sp³-hybridized carbons (Fsp3) is 1.00. The van der Waals surface area contributed by atoms with E-state index in [4.69, 9.17) is 4.74 Å². The van der Waals surface area contributed by atoms with Crippen molar-refractivity contribution < 1.29 is 9.66 Å². The molecule has 0 aliphatic carbocycles. The Balaban J connectivity index is 0.00000144. The highest BCUT2D eigenvalue weighted by Crippen LogP contribution is 2.20. The average molecular weight is 211 g/mol. The van der Waals surface area contributed by atoms with Crippen molar-refractivity contribution in [1.82, 2.24) is 4.90 Å². The van der Waals surface area contributed by atoms with Crippen molar-refractivity contribution in [1.29, 1.82) is 0 Å². The van der Waals surface area contributed by atoms with Crippen LogP contribution in [0.4, 0.5) is 0 Å². The standard InChI is InChI=1S/C7H14N2O3.ClH/c1-3-7(9(10)11)4-8(2)6-12-5-7;/h3-6H2,1-2H3;1H. The fourth-order valence-corrected chi connectivity index (χ4v) is 1.44. The van der Waals surface area contributed by atoms with Crippen molar-refractivity contribution in [3.63, 3.8) is 0 Å². The van der Waals surface area contributed by atoms with Crippen LogP contribution < -0.4 is 0 Å². The third kappa shape index (κ3) is 2.52. The van der Waals surface area contributed by atoms with Crippen molar-refractivity contribution in [3.05, 3.63) is 10.1 Å². The first-order valence-corrected chi connectivity index (χ1v) is 4.01. The summed E-state index contributed by atoms with van der Waals surface area (Å²) in [6.07, 6.45) is 0.518. The summed E-state index contributed by atoms with van der Waals surface area (Å²) in [6, 6.07) is 0. The van der Waals surface area contributed by atoms with Gasteiger partial charge in [0.15, 0.2) is 0 Å². The number of nitrogens with zero attached hydrogens (tertiary/aromatic N) is 2. The maximum Gasteiger partial charge on any atom is 0.257 e. The summed E-state index contributed by atoms with van der Waals surface area (Å²) in [6.45, 7) is 3.04. The van der Waals surface area contributed by atoms with Gasteiger partial charge in [0.05, 0.1) is 13.3 Å². The SMILES string of the molecule is CCC1([N+](=O)[O-])COCN(C)C1.Cl. The maximum atomic E-state index is 10.8. The van der Waals surface area contributed by atoms with E-state index in [-0.39, 0.29) is 23.9 Å². The topological polar surface area (TPSA) is 55.6 Å². The molecule has 1 atom stereocenters. The Labute approximate surface area is 83.6 Å². The van der Waals surface area contributed by atoms with Gasteiger partial charge in [-0.2, -0.15) is 0 Å². The van der Waals surface area contributed by atoms with Crippen molar-refractivity contribution in [2.24, 2.45) is 0 Å². The van der Waals surface area contributed by atoms with Crippen LogP contribution in [-0.2, 0) is 4.74 Å². The zero-order chi connectivity index (χ0) is 9.19. The molecular weight excluding hydrogens is 196 g/mol. The Morgan fingerprint density at radius 3 is 2.62 bits per heavy atom. The van der Waals surface area contributed by atoms with Gasteiger partial charge < -0.3 is 4.74 Å². The number of rotatable bonds is 2. The van der Waals surface area contributed by atoms with Gasteiger partial charge in [-0.3, -0.25) is 15.0 Å². The molecule has 78 valence electrons. The van der Waals surface area contributed by atoms with Crippen LogP contribution in [0.5, 0.6) is 0 Å². The Morgan fingerprint density at radius 1 is 1.69 bits per heavy atom. The first kappa shape index (κ1) is 12.6. The second-order valence-electron chi connectivity index (χ2n) is 3.33. The summed E-state index contributed by atoms with van der Waals surface area (Å²) in [4.78, 5) is 12.4. The molecule has 0 radical (unpaired) electrons. The zero-order valence-corrected chi connectivity index (χ0v) is 8.67.